The Morgan fingerprint density at radius 3 is 2.81 bits per heavy atom. The van der Waals surface area contributed by atoms with Crippen molar-refractivity contribution in [2.24, 2.45) is 5.92 Å². The fraction of sp³-hybridized carbons (Fsp3) is 0.800. The van der Waals surface area contributed by atoms with Gasteiger partial charge in [-0.25, -0.2) is 9.67 Å². The molecular formula is C15H24N4O2. The lowest BCUT2D eigenvalue weighted by molar-refractivity contribution is -0.146. The molecule has 2 fully saturated rings. The number of carbonyl (C=O) groups excluding carboxylic acids is 1. The third-order valence-corrected chi connectivity index (χ3v) is 4.75. The van der Waals surface area contributed by atoms with Crippen molar-refractivity contribution in [1.82, 2.24) is 19.7 Å². The fourth-order valence-electron chi connectivity index (χ4n) is 3.52. The van der Waals surface area contributed by atoms with Gasteiger partial charge in [0, 0.05) is 19.7 Å². The van der Waals surface area contributed by atoms with Crippen molar-refractivity contribution in [1.29, 1.82) is 0 Å². The maximum atomic E-state index is 12.7. The van der Waals surface area contributed by atoms with Crippen LogP contribution in [0.3, 0.4) is 0 Å². The lowest BCUT2D eigenvalue weighted by Gasteiger charge is -2.37. The first-order chi connectivity index (χ1) is 10.3. The summed E-state index contributed by atoms with van der Waals surface area (Å²) >= 11 is 0. The molecule has 21 heavy (non-hydrogen) atoms. The van der Waals surface area contributed by atoms with Crippen molar-refractivity contribution in [3.63, 3.8) is 0 Å². The zero-order valence-electron chi connectivity index (χ0n) is 12.6. The highest BCUT2D eigenvalue weighted by molar-refractivity contribution is 5.79. The van der Waals surface area contributed by atoms with Crippen molar-refractivity contribution in [2.75, 3.05) is 19.7 Å². The summed E-state index contributed by atoms with van der Waals surface area (Å²) in [5, 5.41) is 4.21. The minimum atomic E-state index is 0.0617. The molecule has 2 saturated heterocycles. The van der Waals surface area contributed by atoms with Crippen LogP contribution in [0.5, 0.6) is 0 Å². The molecule has 2 atom stereocenters. The monoisotopic (exact) mass is 292 g/mol. The molecule has 0 radical (unpaired) electrons. The van der Waals surface area contributed by atoms with Gasteiger partial charge in [-0.1, -0.05) is 6.92 Å². The quantitative estimate of drug-likeness (QED) is 0.850. The molecule has 1 aromatic heterocycles. The summed E-state index contributed by atoms with van der Waals surface area (Å²) in [6, 6.07) is 0.376. The summed E-state index contributed by atoms with van der Waals surface area (Å²) in [7, 11) is 0. The lowest BCUT2D eigenvalue weighted by atomic mass is 9.90. The van der Waals surface area contributed by atoms with Crippen LogP contribution < -0.4 is 0 Å². The second-order valence-electron chi connectivity index (χ2n) is 6.00. The number of piperidine rings is 1. The van der Waals surface area contributed by atoms with E-state index in [2.05, 4.69) is 17.0 Å². The number of nitrogens with zero attached hydrogens (tertiary/aromatic N) is 4. The molecule has 0 N–H and O–H groups in total. The lowest BCUT2D eigenvalue weighted by Crippen LogP contribution is -2.47. The van der Waals surface area contributed by atoms with Gasteiger partial charge in [-0.15, -0.1) is 0 Å². The Bertz CT molecular complexity index is 454. The molecule has 1 amide bonds. The van der Waals surface area contributed by atoms with Gasteiger partial charge >= 0.3 is 0 Å². The van der Waals surface area contributed by atoms with Crippen LogP contribution in [0.1, 0.15) is 45.1 Å². The Labute approximate surface area is 125 Å². The van der Waals surface area contributed by atoms with Crippen LogP contribution in [0, 0.1) is 5.92 Å². The van der Waals surface area contributed by atoms with Gasteiger partial charge in [-0.3, -0.25) is 4.79 Å². The molecule has 3 heterocycles. The molecule has 2 unspecified atom stereocenters. The van der Waals surface area contributed by atoms with Gasteiger partial charge in [0.1, 0.15) is 12.7 Å². The van der Waals surface area contributed by atoms with Crippen LogP contribution in [0.25, 0.3) is 0 Å². The molecule has 0 spiro atoms. The van der Waals surface area contributed by atoms with E-state index in [0.29, 0.717) is 11.9 Å². The van der Waals surface area contributed by atoms with Gasteiger partial charge in [0.2, 0.25) is 5.91 Å². The first kappa shape index (κ1) is 14.5. The standard InChI is InChI=1S/C15H24N4O2/c1-2-14-13(4-3-9-21-14)15(20)18-7-5-12(6-8-18)19-11-16-10-17-19/h10-14H,2-9H2,1H3. The van der Waals surface area contributed by atoms with Crippen molar-refractivity contribution >= 4 is 5.91 Å². The van der Waals surface area contributed by atoms with Crippen molar-refractivity contribution in [3.8, 4) is 0 Å². The van der Waals surface area contributed by atoms with Gasteiger partial charge < -0.3 is 9.64 Å². The topological polar surface area (TPSA) is 60.2 Å². The Balaban J connectivity index is 1.57. The predicted octanol–water partition coefficient (Wildman–Crippen LogP) is 1.65. The van der Waals surface area contributed by atoms with Gasteiger partial charge in [-0.2, -0.15) is 5.10 Å². The average molecular weight is 292 g/mol. The maximum absolute atomic E-state index is 12.7. The van der Waals surface area contributed by atoms with E-state index >= 15 is 0 Å². The Kier molecular flexibility index (Phi) is 4.53. The molecule has 0 saturated carbocycles. The van der Waals surface area contributed by atoms with Crippen LogP contribution in [0.2, 0.25) is 0 Å². The fourth-order valence-corrected chi connectivity index (χ4v) is 3.52. The van der Waals surface area contributed by atoms with Crippen molar-refractivity contribution < 1.29 is 9.53 Å². The number of rotatable bonds is 3. The second-order valence-corrected chi connectivity index (χ2v) is 6.00. The number of carbonyl (C=O) groups is 1. The minimum Gasteiger partial charge on any atom is -0.377 e. The van der Waals surface area contributed by atoms with Gasteiger partial charge in [0.05, 0.1) is 18.1 Å². The van der Waals surface area contributed by atoms with Crippen LogP contribution in [-0.2, 0) is 9.53 Å². The highest BCUT2D eigenvalue weighted by Gasteiger charge is 2.35. The first-order valence-corrected chi connectivity index (χ1v) is 8.04. The minimum absolute atomic E-state index is 0.0617. The molecule has 0 bridgehead atoms. The normalized spacial score (nSPS) is 27.8. The van der Waals surface area contributed by atoms with Crippen LogP contribution in [0.15, 0.2) is 12.7 Å². The Morgan fingerprint density at radius 2 is 2.14 bits per heavy atom. The van der Waals surface area contributed by atoms with E-state index in [-0.39, 0.29) is 12.0 Å². The molecule has 6 nitrogen and oxygen atoms in total. The maximum Gasteiger partial charge on any atom is 0.228 e. The molecule has 0 aromatic carbocycles. The number of aromatic nitrogens is 3. The molecule has 3 rings (SSSR count). The summed E-state index contributed by atoms with van der Waals surface area (Å²) < 4.78 is 7.68. The number of ether oxygens (including phenoxy) is 1. The van der Waals surface area contributed by atoms with Crippen LogP contribution in [-0.4, -0.2) is 51.4 Å². The number of hydrogen-bond donors (Lipinski definition) is 0. The number of likely N-dealkylation sites (tertiary alicyclic amines) is 1. The molecule has 0 aliphatic carbocycles. The Hall–Kier alpha value is -1.43. The number of amides is 1. The van der Waals surface area contributed by atoms with E-state index in [4.69, 9.17) is 4.74 Å². The first-order valence-electron chi connectivity index (χ1n) is 8.04. The predicted molar refractivity (Wildman–Crippen MR) is 77.6 cm³/mol. The van der Waals surface area contributed by atoms with Crippen LogP contribution >= 0.6 is 0 Å². The van der Waals surface area contributed by atoms with E-state index in [1.807, 2.05) is 9.58 Å². The van der Waals surface area contributed by atoms with E-state index in [9.17, 15) is 4.79 Å². The largest absolute Gasteiger partial charge is 0.377 e. The molecule has 116 valence electrons. The van der Waals surface area contributed by atoms with E-state index in [1.54, 1.807) is 12.7 Å². The van der Waals surface area contributed by atoms with Crippen molar-refractivity contribution in [2.45, 2.75) is 51.2 Å². The summed E-state index contributed by atoms with van der Waals surface area (Å²) in [6.45, 7) is 4.54. The average Bonchev–Trinajstić information content (AvgIpc) is 3.09. The molecule has 1 aromatic rings. The summed E-state index contributed by atoms with van der Waals surface area (Å²) in [5.41, 5.74) is 0. The van der Waals surface area contributed by atoms with E-state index in [0.717, 1.165) is 51.8 Å². The summed E-state index contributed by atoms with van der Waals surface area (Å²) in [5.74, 6) is 0.352. The van der Waals surface area contributed by atoms with Gasteiger partial charge in [0.15, 0.2) is 0 Å². The summed E-state index contributed by atoms with van der Waals surface area (Å²) in [4.78, 5) is 18.8. The van der Waals surface area contributed by atoms with E-state index in [1.165, 1.54) is 0 Å². The zero-order chi connectivity index (χ0) is 14.7. The smallest absolute Gasteiger partial charge is 0.228 e. The van der Waals surface area contributed by atoms with Gasteiger partial charge in [-0.05, 0) is 32.1 Å². The Morgan fingerprint density at radius 1 is 1.33 bits per heavy atom. The molecule has 2 aliphatic rings. The third kappa shape index (κ3) is 3.10. The second kappa shape index (κ2) is 6.56. The third-order valence-electron chi connectivity index (χ3n) is 4.75. The van der Waals surface area contributed by atoms with Crippen LogP contribution in [0.4, 0.5) is 0 Å². The zero-order valence-corrected chi connectivity index (χ0v) is 12.6. The van der Waals surface area contributed by atoms with E-state index < -0.39 is 0 Å². The highest BCUT2D eigenvalue weighted by Crippen LogP contribution is 2.28. The molecule has 6 heteroatoms. The highest BCUT2D eigenvalue weighted by atomic mass is 16.5. The molecule has 2 aliphatic heterocycles. The summed E-state index contributed by atoms with van der Waals surface area (Å²) in [6.07, 6.45) is 8.26. The SMILES string of the molecule is CCC1OCCCC1C(=O)N1CCC(n2cncn2)CC1. The van der Waals surface area contributed by atoms with Crippen molar-refractivity contribution in [3.05, 3.63) is 12.7 Å². The van der Waals surface area contributed by atoms with Gasteiger partial charge in [0.25, 0.3) is 0 Å². The number of hydrogen-bond acceptors (Lipinski definition) is 4. The molecular weight excluding hydrogens is 268 g/mol.